The number of rotatable bonds is 4. The number of imidazole rings is 1. The topological polar surface area (TPSA) is 102 Å². The van der Waals surface area contributed by atoms with Gasteiger partial charge in [0, 0.05) is 31.4 Å². The molecule has 134 valence electrons. The summed E-state index contributed by atoms with van der Waals surface area (Å²) in [6.45, 7) is 0.473. The first-order chi connectivity index (χ1) is 12.7. The summed E-state index contributed by atoms with van der Waals surface area (Å²) >= 11 is 0. The molecule has 1 unspecified atom stereocenters. The van der Waals surface area contributed by atoms with Crippen molar-refractivity contribution in [2.24, 2.45) is 0 Å². The molecular formula is C18H19N5O3. The van der Waals surface area contributed by atoms with E-state index in [0.29, 0.717) is 6.42 Å². The van der Waals surface area contributed by atoms with Crippen LogP contribution in [0.3, 0.4) is 0 Å². The normalized spacial score (nSPS) is 15.8. The summed E-state index contributed by atoms with van der Waals surface area (Å²) in [5, 5.41) is 14.3. The molecule has 4 rings (SSSR count). The molecule has 2 aromatic heterocycles. The number of aromatic nitrogens is 4. The Morgan fingerprint density at radius 3 is 2.69 bits per heavy atom. The minimum absolute atomic E-state index is 0.131. The smallest absolute Gasteiger partial charge is 0.290 e. The molecule has 3 aromatic rings. The molecule has 1 aliphatic heterocycles. The lowest BCUT2D eigenvalue weighted by molar-refractivity contribution is -0.123. The predicted octanol–water partition coefficient (Wildman–Crippen LogP) is 1.72. The maximum absolute atomic E-state index is 11.4. The van der Waals surface area contributed by atoms with Crippen LogP contribution >= 0.6 is 0 Å². The summed E-state index contributed by atoms with van der Waals surface area (Å²) in [6.07, 6.45) is 6.99. The number of amides is 1. The Hall–Kier alpha value is -3.42. The van der Waals surface area contributed by atoms with Gasteiger partial charge in [-0.15, -0.1) is 0 Å². The van der Waals surface area contributed by atoms with E-state index in [4.69, 9.17) is 9.90 Å². The number of hydrogen-bond acceptors (Lipinski definition) is 4. The molecule has 0 aliphatic carbocycles. The van der Waals surface area contributed by atoms with E-state index in [2.05, 4.69) is 20.0 Å². The minimum atomic E-state index is -0.250. The first kappa shape index (κ1) is 17.4. The summed E-state index contributed by atoms with van der Waals surface area (Å²) in [6, 6.07) is 12.1. The van der Waals surface area contributed by atoms with Gasteiger partial charge in [0.25, 0.3) is 6.47 Å². The number of hydrogen-bond donors (Lipinski definition) is 2. The molecule has 3 heterocycles. The number of carboxylic acid groups (broad SMARTS) is 1. The SMILES string of the molecule is O=C1CCC(Cn2ccnc2-c2ccnn2-c2ccccc2)N1.O=CO. The van der Waals surface area contributed by atoms with Crippen LogP contribution in [0.2, 0.25) is 0 Å². The van der Waals surface area contributed by atoms with Crippen LogP contribution in [-0.4, -0.2) is 42.9 Å². The molecule has 0 spiro atoms. The monoisotopic (exact) mass is 353 g/mol. The van der Waals surface area contributed by atoms with Gasteiger partial charge in [-0.05, 0) is 24.6 Å². The van der Waals surface area contributed by atoms with Crippen molar-refractivity contribution in [1.29, 1.82) is 0 Å². The van der Waals surface area contributed by atoms with E-state index in [1.807, 2.05) is 47.3 Å². The number of nitrogens with zero attached hydrogens (tertiary/aromatic N) is 4. The van der Waals surface area contributed by atoms with Gasteiger partial charge in [0.15, 0.2) is 5.82 Å². The highest BCUT2D eigenvalue weighted by molar-refractivity contribution is 5.78. The Morgan fingerprint density at radius 1 is 1.23 bits per heavy atom. The second kappa shape index (κ2) is 8.11. The van der Waals surface area contributed by atoms with E-state index in [0.717, 1.165) is 30.2 Å². The zero-order chi connectivity index (χ0) is 18.4. The molecule has 1 aliphatic rings. The zero-order valence-corrected chi connectivity index (χ0v) is 14.0. The number of carbonyl (C=O) groups excluding carboxylic acids is 1. The van der Waals surface area contributed by atoms with Crippen molar-refractivity contribution >= 4 is 12.4 Å². The van der Waals surface area contributed by atoms with E-state index in [1.54, 1.807) is 12.4 Å². The molecule has 1 atom stereocenters. The van der Waals surface area contributed by atoms with Crippen LogP contribution in [0.25, 0.3) is 17.2 Å². The molecule has 1 saturated heterocycles. The third kappa shape index (κ3) is 3.80. The van der Waals surface area contributed by atoms with E-state index >= 15 is 0 Å². The fourth-order valence-electron chi connectivity index (χ4n) is 2.99. The van der Waals surface area contributed by atoms with Crippen molar-refractivity contribution in [3.05, 3.63) is 55.0 Å². The second-order valence-corrected chi connectivity index (χ2v) is 5.78. The lowest BCUT2D eigenvalue weighted by atomic mass is 10.2. The van der Waals surface area contributed by atoms with Gasteiger partial charge < -0.3 is 15.0 Å². The third-order valence-corrected chi connectivity index (χ3v) is 4.09. The van der Waals surface area contributed by atoms with Crippen LogP contribution < -0.4 is 5.32 Å². The summed E-state index contributed by atoms with van der Waals surface area (Å²) < 4.78 is 3.96. The first-order valence-corrected chi connectivity index (χ1v) is 8.21. The molecule has 0 bridgehead atoms. The van der Waals surface area contributed by atoms with Crippen molar-refractivity contribution in [3.63, 3.8) is 0 Å². The fourth-order valence-corrected chi connectivity index (χ4v) is 2.99. The molecule has 8 heteroatoms. The summed E-state index contributed by atoms with van der Waals surface area (Å²) in [5.74, 6) is 0.985. The highest BCUT2D eigenvalue weighted by Gasteiger charge is 2.22. The van der Waals surface area contributed by atoms with E-state index in [9.17, 15) is 4.79 Å². The standard InChI is InChI=1S/C17H17N5O.CH2O2/c23-16-7-6-13(20-16)12-21-11-10-18-17(21)15-8-9-19-22(15)14-4-2-1-3-5-14;2-1-3/h1-5,8-11,13H,6-7,12H2,(H,20,23);1H,(H,2,3). The van der Waals surface area contributed by atoms with Gasteiger partial charge in [0.05, 0.1) is 11.9 Å². The maximum atomic E-state index is 11.4. The van der Waals surface area contributed by atoms with Gasteiger partial charge in [0.1, 0.15) is 5.69 Å². The molecule has 1 aromatic carbocycles. The molecule has 8 nitrogen and oxygen atoms in total. The Balaban J connectivity index is 0.000000613. The number of nitrogens with one attached hydrogen (secondary N) is 1. The lowest BCUT2D eigenvalue weighted by Gasteiger charge is -2.14. The van der Waals surface area contributed by atoms with Crippen molar-refractivity contribution < 1.29 is 14.7 Å². The molecule has 1 fully saturated rings. The van der Waals surface area contributed by atoms with Crippen molar-refractivity contribution in [1.82, 2.24) is 24.6 Å². The van der Waals surface area contributed by atoms with Gasteiger partial charge in [-0.1, -0.05) is 18.2 Å². The highest BCUT2D eigenvalue weighted by atomic mass is 16.3. The number of para-hydroxylation sites is 1. The lowest BCUT2D eigenvalue weighted by Crippen LogP contribution is -2.29. The Morgan fingerprint density at radius 2 is 2.00 bits per heavy atom. The average molecular weight is 353 g/mol. The Bertz CT molecular complexity index is 872. The van der Waals surface area contributed by atoms with Gasteiger partial charge in [-0.2, -0.15) is 5.10 Å². The number of benzene rings is 1. The largest absolute Gasteiger partial charge is 0.483 e. The quantitative estimate of drug-likeness (QED) is 0.695. The third-order valence-electron chi connectivity index (χ3n) is 4.09. The molecule has 0 radical (unpaired) electrons. The summed E-state index contributed by atoms with van der Waals surface area (Å²) in [5.41, 5.74) is 1.93. The fraction of sp³-hybridized carbons (Fsp3) is 0.222. The van der Waals surface area contributed by atoms with Gasteiger partial charge >= 0.3 is 0 Å². The van der Waals surface area contributed by atoms with Crippen LogP contribution in [0.15, 0.2) is 55.0 Å². The average Bonchev–Trinajstić information content (AvgIpc) is 3.37. The molecule has 0 saturated carbocycles. The van der Waals surface area contributed by atoms with Gasteiger partial charge in [-0.3, -0.25) is 9.59 Å². The second-order valence-electron chi connectivity index (χ2n) is 5.78. The van der Waals surface area contributed by atoms with Crippen LogP contribution in [0.1, 0.15) is 12.8 Å². The van der Waals surface area contributed by atoms with E-state index in [1.165, 1.54) is 0 Å². The van der Waals surface area contributed by atoms with Crippen molar-refractivity contribution in [3.8, 4) is 17.2 Å². The van der Waals surface area contributed by atoms with E-state index < -0.39 is 0 Å². The Kier molecular flexibility index (Phi) is 5.43. The van der Waals surface area contributed by atoms with Gasteiger partial charge in [0.2, 0.25) is 5.91 Å². The van der Waals surface area contributed by atoms with Gasteiger partial charge in [-0.25, -0.2) is 9.67 Å². The first-order valence-electron chi connectivity index (χ1n) is 8.21. The summed E-state index contributed by atoms with van der Waals surface area (Å²) in [4.78, 5) is 24.2. The molecule has 1 amide bonds. The van der Waals surface area contributed by atoms with Crippen LogP contribution in [0, 0.1) is 0 Å². The molecular weight excluding hydrogens is 334 g/mol. The van der Waals surface area contributed by atoms with Crippen molar-refractivity contribution in [2.45, 2.75) is 25.4 Å². The Labute approximate surface area is 150 Å². The molecule has 2 N–H and O–H groups in total. The highest BCUT2D eigenvalue weighted by Crippen LogP contribution is 2.22. The zero-order valence-electron chi connectivity index (χ0n) is 14.0. The van der Waals surface area contributed by atoms with Crippen molar-refractivity contribution in [2.75, 3.05) is 0 Å². The summed E-state index contributed by atoms with van der Waals surface area (Å²) in [7, 11) is 0. The van der Waals surface area contributed by atoms with Crippen LogP contribution in [-0.2, 0) is 16.1 Å². The van der Waals surface area contributed by atoms with Crippen LogP contribution in [0.5, 0.6) is 0 Å². The predicted molar refractivity (Wildman–Crippen MR) is 94.6 cm³/mol. The van der Waals surface area contributed by atoms with E-state index in [-0.39, 0.29) is 18.4 Å². The number of carbonyl (C=O) groups is 2. The van der Waals surface area contributed by atoms with Crippen LogP contribution in [0.4, 0.5) is 0 Å². The molecule has 26 heavy (non-hydrogen) atoms. The maximum Gasteiger partial charge on any atom is 0.290 e. The minimum Gasteiger partial charge on any atom is -0.483 e.